The summed E-state index contributed by atoms with van der Waals surface area (Å²) in [5, 5.41) is 6.32. The summed E-state index contributed by atoms with van der Waals surface area (Å²) >= 11 is 0. The fourth-order valence-corrected chi connectivity index (χ4v) is 4.48. The summed E-state index contributed by atoms with van der Waals surface area (Å²) < 4.78 is 31.0. The number of amides is 1. The molecule has 8 nitrogen and oxygen atoms in total. The smallest absolute Gasteiger partial charge is 0.281 e. The van der Waals surface area contributed by atoms with Crippen LogP contribution in [0.5, 0.6) is 5.75 Å². The Balaban J connectivity index is 1.88. The second-order valence-electron chi connectivity index (χ2n) is 7.40. The summed E-state index contributed by atoms with van der Waals surface area (Å²) in [6.07, 6.45) is 6.35. The molecule has 32 heavy (non-hydrogen) atoms. The molecule has 4 rings (SSSR count). The molecule has 3 heterocycles. The normalized spacial score (nSPS) is 12.9. The number of rotatable bonds is 6. The van der Waals surface area contributed by atoms with Gasteiger partial charge in [0, 0.05) is 18.0 Å². The SMILES string of the molecule is COc1cncc(-c2cc3c(c(Nc4ccccc4S(=O)(=O)C(C)C)n2)C(=O)[N]C=C3)c1. The molecule has 9 heteroatoms. The van der Waals surface area contributed by atoms with E-state index in [0.29, 0.717) is 28.3 Å². The van der Waals surface area contributed by atoms with Crippen molar-refractivity contribution in [2.24, 2.45) is 0 Å². The lowest BCUT2D eigenvalue weighted by atomic mass is 10.0. The number of methoxy groups -OCH3 is 1. The van der Waals surface area contributed by atoms with Crippen LogP contribution in [-0.4, -0.2) is 36.7 Å². The summed E-state index contributed by atoms with van der Waals surface area (Å²) in [6, 6.07) is 10.1. The zero-order valence-corrected chi connectivity index (χ0v) is 18.6. The van der Waals surface area contributed by atoms with Crippen LogP contribution in [0.1, 0.15) is 29.8 Å². The van der Waals surface area contributed by atoms with Gasteiger partial charge in [0.05, 0.1) is 40.4 Å². The highest BCUT2D eigenvalue weighted by molar-refractivity contribution is 7.92. The fourth-order valence-electron chi connectivity index (χ4n) is 3.28. The Kier molecular flexibility index (Phi) is 5.67. The molecule has 0 unspecified atom stereocenters. The number of carbonyl (C=O) groups excluding carboxylic acids is 1. The maximum Gasteiger partial charge on any atom is 0.281 e. The Labute approximate surface area is 186 Å². The van der Waals surface area contributed by atoms with Crippen molar-refractivity contribution in [3.05, 3.63) is 66.1 Å². The molecular formula is C23H21N4O4S. The number of benzene rings is 1. The molecule has 163 valence electrons. The third-order valence-corrected chi connectivity index (χ3v) is 7.23. The average Bonchev–Trinajstić information content (AvgIpc) is 2.79. The van der Waals surface area contributed by atoms with Crippen molar-refractivity contribution in [3.8, 4) is 17.0 Å². The van der Waals surface area contributed by atoms with E-state index in [9.17, 15) is 13.2 Å². The van der Waals surface area contributed by atoms with Gasteiger partial charge >= 0.3 is 0 Å². The van der Waals surface area contributed by atoms with Crippen molar-refractivity contribution in [2.75, 3.05) is 12.4 Å². The second-order valence-corrected chi connectivity index (χ2v) is 9.87. The van der Waals surface area contributed by atoms with Crippen molar-refractivity contribution in [1.82, 2.24) is 15.3 Å². The summed E-state index contributed by atoms with van der Waals surface area (Å²) in [6.45, 7) is 3.24. The molecule has 0 fully saturated rings. The lowest BCUT2D eigenvalue weighted by Crippen LogP contribution is -2.19. The largest absolute Gasteiger partial charge is 0.495 e. The van der Waals surface area contributed by atoms with Gasteiger partial charge in [-0.2, -0.15) is 0 Å². The first-order valence-corrected chi connectivity index (χ1v) is 11.4. The lowest BCUT2D eigenvalue weighted by molar-refractivity contribution is 0.0965. The minimum Gasteiger partial charge on any atom is -0.495 e. The van der Waals surface area contributed by atoms with E-state index in [-0.39, 0.29) is 16.3 Å². The zero-order valence-electron chi connectivity index (χ0n) is 17.7. The van der Waals surface area contributed by atoms with Gasteiger partial charge in [-0.05, 0) is 49.8 Å². The van der Waals surface area contributed by atoms with Crippen LogP contribution in [0, 0.1) is 0 Å². The molecule has 0 atom stereocenters. The third-order valence-electron chi connectivity index (χ3n) is 5.02. The van der Waals surface area contributed by atoms with Gasteiger partial charge in [0.25, 0.3) is 5.91 Å². The Morgan fingerprint density at radius 3 is 2.62 bits per heavy atom. The Morgan fingerprint density at radius 2 is 1.88 bits per heavy atom. The molecule has 3 aromatic rings. The molecule has 1 aromatic carbocycles. The topological polar surface area (TPSA) is 112 Å². The number of sulfone groups is 1. The van der Waals surface area contributed by atoms with Crippen molar-refractivity contribution in [2.45, 2.75) is 24.0 Å². The van der Waals surface area contributed by atoms with Crippen molar-refractivity contribution in [3.63, 3.8) is 0 Å². The van der Waals surface area contributed by atoms with Crippen LogP contribution in [0.25, 0.3) is 17.3 Å². The van der Waals surface area contributed by atoms with E-state index >= 15 is 0 Å². The number of pyridine rings is 2. The van der Waals surface area contributed by atoms with Gasteiger partial charge in [0.2, 0.25) is 0 Å². The van der Waals surface area contributed by atoms with E-state index in [1.807, 2.05) is 0 Å². The molecule has 0 bridgehead atoms. The van der Waals surface area contributed by atoms with Gasteiger partial charge in [-0.1, -0.05) is 12.1 Å². The highest BCUT2D eigenvalue weighted by Gasteiger charge is 2.26. The predicted molar refractivity (Wildman–Crippen MR) is 122 cm³/mol. The summed E-state index contributed by atoms with van der Waals surface area (Å²) in [7, 11) is -2.03. The van der Waals surface area contributed by atoms with E-state index in [1.54, 1.807) is 69.8 Å². The van der Waals surface area contributed by atoms with Gasteiger partial charge in [-0.15, -0.1) is 0 Å². The number of ether oxygens (including phenoxy) is 1. The van der Waals surface area contributed by atoms with E-state index in [2.05, 4.69) is 20.6 Å². The Morgan fingerprint density at radius 1 is 1.09 bits per heavy atom. The molecule has 0 saturated heterocycles. The number of hydrogen-bond acceptors (Lipinski definition) is 7. The van der Waals surface area contributed by atoms with Gasteiger partial charge in [0.15, 0.2) is 9.84 Å². The Hall–Kier alpha value is -3.72. The number of para-hydroxylation sites is 1. The molecule has 1 amide bonds. The first-order chi connectivity index (χ1) is 15.3. The maximum absolute atomic E-state index is 12.9. The summed E-state index contributed by atoms with van der Waals surface area (Å²) in [4.78, 5) is 21.5. The van der Waals surface area contributed by atoms with Crippen LogP contribution in [0.3, 0.4) is 0 Å². The fraction of sp³-hybridized carbons (Fsp3) is 0.174. The van der Waals surface area contributed by atoms with Crippen LogP contribution in [0.15, 0.2) is 59.9 Å². The molecule has 0 aliphatic carbocycles. The highest BCUT2D eigenvalue weighted by atomic mass is 32.2. The van der Waals surface area contributed by atoms with Crippen LogP contribution in [0.2, 0.25) is 0 Å². The van der Waals surface area contributed by atoms with Crippen molar-refractivity contribution in [1.29, 1.82) is 0 Å². The standard InChI is InChI=1S/C23H21N4O4S/c1-14(2)32(29,30)20-7-5-4-6-18(20)26-22-21-15(8-9-25-23(21)28)11-19(27-22)16-10-17(31-3)13-24-12-16/h4-14H,1-3H3,(H,26,27). The van der Waals surface area contributed by atoms with Gasteiger partial charge in [0.1, 0.15) is 11.6 Å². The second kappa shape index (κ2) is 8.43. The van der Waals surface area contributed by atoms with Crippen molar-refractivity contribution < 1.29 is 17.9 Å². The monoisotopic (exact) mass is 449 g/mol. The maximum atomic E-state index is 12.9. The van der Waals surface area contributed by atoms with Crippen LogP contribution >= 0.6 is 0 Å². The molecule has 1 radical (unpaired) electrons. The third kappa shape index (κ3) is 3.94. The first kappa shape index (κ1) is 21.5. The quantitative estimate of drug-likeness (QED) is 0.609. The molecule has 1 N–H and O–H groups in total. The van der Waals surface area contributed by atoms with Crippen LogP contribution in [-0.2, 0) is 9.84 Å². The van der Waals surface area contributed by atoms with Gasteiger partial charge in [-0.25, -0.2) is 18.7 Å². The minimum atomic E-state index is -3.57. The van der Waals surface area contributed by atoms with Crippen molar-refractivity contribution >= 4 is 33.3 Å². The number of aromatic nitrogens is 2. The zero-order chi connectivity index (χ0) is 22.9. The summed E-state index contributed by atoms with van der Waals surface area (Å²) in [5.41, 5.74) is 2.44. The summed E-state index contributed by atoms with van der Waals surface area (Å²) in [5.74, 6) is 0.313. The molecule has 1 aliphatic heterocycles. The van der Waals surface area contributed by atoms with Crippen LogP contribution < -0.4 is 15.4 Å². The molecule has 0 saturated carbocycles. The van der Waals surface area contributed by atoms with Crippen LogP contribution in [0.4, 0.5) is 11.5 Å². The molecule has 1 aliphatic rings. The first-order valence-electron chi connectivity index (χ1n) is 9.87. The van der Waals surface area contributed by atoms with E-state index in [0.717, 1.165) is 0 Å². The number of anilines is 2. The molecule has 0 spiro atoms. The number of nitrogens with one attached hydrogen (secondary N) is 1. The Bertz CT molecular complexity index is 1330. The predicted octanol–water partition coefficient (Wildman–Crippen LogP) is 3.81. The number of nitrogens with zero attached hydrogens (tertiary/aromatic N) is 3. The van der Waals surface area contributed by atoms with E-state index < -0.39 is 21.0 Å². The molecular weight excluding hydrogens is 428 g/mol. The minimum absolute atomic E-state index is 0.134. The number of carbonyl (C=O) groups is 1. The van der Waals surface area contributed by atoms with Gasteiger partial charge < -0.3 is 10.1 Å². The lowest BCUT2D eigenvalue weighted by Gasteiger charge is -2.19. The number of fused-ring (bicyclic) bond motifs is 1. The number of hydrogen-bond donors (Lipinski definition) is 1. The van der Waals surface area contributed by atoms with E-state index in [4.69, 9.17) is 4.74 Å². The highest BCUT2D eigenvalue weighted by Crippen LogP contribution is 2.33. The van der Waals surface area contributed by atoms with E-state index in [1.165, 1.54) is 12.3 Å². The average molecular weight is 450 g/mol. The molecule has 2 aromatic heterocycles. The van der Waals surface area contributed by atoms with Gasteiger partial charge in [-0.3, -0.25) is 9.78 Å².